The van der Waals surface area contributed by atoms with Crippen LogP contribution >= 0.6 is 0 Å². The Morgan fingerprint density at radius 3 is 2.71 bits per heavy atom. The molecule has 1 amide bonds. The number of ether oxygens (including phenoxy) is 1. The van der Waals surface area contributed by atoms with Gasteiger partial charge in [-0.2, -0.15) is 0 Å². The quantitative estimate of drug-likeness (QED) is 0.774. The van der Waals surface area contributed by atoms with E-state index in [2.05, 4.69) is 20.3 Å². The van der Waals surface area contributed by atoms with Crippen molar-refractivity contribution in [3.63, 3.8) is 0 Å². The van der Waals surface area contributed by atoms with Crippen LogP contribution in [0.3, 0.4) is 0 Å². The predicted molar refractivity (Wildman–Crippen MR) is 91.0 cm³/mol. The molecule has 1 aliphatic carbocycles. The highest BCUT2D eigenvalue weighted by molar-refractivity contribution is 5.98. The second-order valence-electron chi connectivity index (χ2n) is 5.93. The summed E-state index contributed by atoms with van der Waals surface area (Å²) in [4.78, 5) is 23.5. The van der Waals surface area contributed by atoms with Crippen molar-refractivity contribution in [2.75, 3.05) is 7.05 Å². The summed E-state index contributed by atoms with van der Waals surface area (Å²) in [6, 6.07) is 7.47. The molecule has 1 aliphatic rings. The molecule has 6 nitrogen and oxygen atoms in total. The number of H-pyrrole nitrogens is 1. The van der Waals surface area contributed by atoms with Crippen LogP contribution in [0, 0.1) is 0 Å². The fourth-order valence-corrected chi connectivity index (χ4v) is 2.84. The number of nitrogens with zero attached hydrogens (tertiary/aromatic N) is 2. The summed E-state index contributed by atoms with van der Waals surface area (Å²) in [6.07, 6.45) is 7.03. The highest BCUT2D eigenvalue weighted by Crippen LogP contribution is 2.35. The first-order chi connectivity index (χ1) is 11.8. The minimum absolute atomic E-state index is 0.0992. The smallest absolute Gasteiger partial charge is 0.251 e. The topological polar surface area (TPSA) is 79.9 Å². The van der Waals surface area contributed by atoms with Gasteiger partial charge in [0, 0.05) is 24.4 Å². The number of nitrogens with one attached hydrogen (secondary N) is 2. The molecule has 3 aromatic rings. The summed E-state index contributed by atoms with van der Waals surface area (Å²) in [6.45, 7) is 0. The third-order valence-corrected chi connectivity index (χ3v) is 4.45. The van der Waals surface area contributed by atoms with E-state index in [4.69, 9.17) is 4.74 Å². The van der Waals surface area contributed by atoms with Crippen molar-refractivity contribution in [2.24, 2.45) is 0 Å². The van der Waals surface area contributed by atoms with Gasteiger partial charge in [0.2, 0.25) is 5.88 Å². The maximum absolute atomic E-state index is 11.7. The highest BCUT2D eigenvalue weighted by Gasteiger charge is 2.22. The summed E-state index contributed by atoms with van der Waals surface area (Å²) in [7, 11) is 1.62. The Bertz CT molecular complexity index is 882. The van der Waals surface area contributed by atoms with Gasteiger partial charge in [0.05, 0.1) is 5.39 Å². The SMILES string of the molecule is CNC(=O)c1ccc(-c2c[nH]c3ncnc(OC4CCC4)c23)cc1. The van der Waals surface area contributed by atoms with Crippen molar-refractivity contribution < 1.29 is 9.53 Å². The third kappa shape index (κ3) is 2.50. The van der Waals surface area contributed by atoms with Gasteiger partial charge in [-0.25, -0.2) is 9.97 Å². The van der Waals surface area contributed by atoms with E-state index in [9.17, 15) is 4.79 Å². The molecule has 122 valence electrons. The largest absolute Gasteiger partial charge is 0.474 e. The number of carbonyl (C=O) groups is 1. The van der Waals surface area contributed by atoms with E-state index in [0.717, 1.165) is 35.0 Å². The number of benzene rings is 1. The molecule has 2 N–H and O–H groups in total. The number of aromatic amines is 1. The molecule has 0 aliphatic heterocycles. The minimum Gasteiger partial charge on any atom is -0.474 e. The van der Waals surface area contributed by atoms with Gasteiger partial charge < -0.3 is 15.0 Å². The molecular formula is C18H18N4O2. The van der Waals surface area contributed by atoms with Crippen LogP contribution in [-0.4, -0.2) is 34.0 Å². The summed E-state index contributed by atoms with van der Waals surface area (Å²) in [5, 5.41) is 3.51. The van der Waals surface area contributed by atoms with E-state index in [1.165, 1.54) is 12.7 Å². The molecule has 0 unspecified atom stereocenters. The van der Waals surface area contributed by atoms with Gasteiger partial charge in [-0.1, -0.05) is 12.1 Å². The number of fused-ring (bicyclic) bond motifs is 1. The van der Waals surface area contributed by atoms with Crippen LogP contribution in [0.25, 0.3) is 22.2 Å². The Kier molecular flexibility index (Phi) is 3.65. The van der Waals surface area contributed by atoms with Gasteiger partial charge in [0.15, 0.2) is 0 Å². The molecule has 0 bridgehead atoms. The fourth-order valence-electron chi connectivity index (χ4n) is 2.84. The van der Waals surface area contributed by atoms with Crippen molar-refractivity contribution in [1.82, 2.24) is 20.3 Å². The monoisotopic (exact) mass is 322 g/mol. The summed E-state index contributed by atoms with van der Waals surface area (Å²) in [5.41, 5.74) is 3.35. The molecule has 1 saturated carbocycles. The number of hydrogen-bond donors (Lipinski definition) is 2. The van der Waals surface area contributed by atoms with Gasteiger partial charge in [-0.15, -0.1) is 0 Å². The maximum atomic E-state index is 11.7. The summed E-state index contributed by atoms with van der Waals surface area (Å²) in [5.74, 6) is 0.522. The van der Waals surface area contributed by atoms with Crippen molar-refractivity contribution in [1.29, 1.82) is 0 Å². The van der Waals surface area contributed by atoms with E-state index in [0.29, 0.717) is 11.4 Å². The van der Waals surface area contributed by atoms with E-state index in [-0.39, 0.29) is 12.0 Å². The zero-order chi connectivity index (χ0) is 16.5. The molecule has 0 radical (unpaired) electrons. The molecule has 1 aromatic carbocycles. The number of amides is 1. The van der Waals surface area contributed by atoms with Crippen LogP contribution < -0.4 is 10.1 Å². The zero-order valence-electron chi connectivity index (χ0n) is 13.4. The van der Waals surface area contributed by atoms with Crippen LogP contribution in [0.4, 0.5) is 0 Å². The second kappa shape index (κ2) is 5.96. The average Bonchev–Trinajstić information content (AvgIpc) is 3.02. The molecule has 2 heterocycles. The average molecular weight is 322 g/mol. The number of rotatable bonds is 4. The molecule has 1 fully saturated rings. The standard InChI is InChI=1S/C18H18N4O2/c1-19-17(23)12-7-5-11(6-8-12)14-9-20-16-15(14)18(22-10-21-16)24-13-3-2-4-13/h5-10,13H,2-4H2,1H3,(H,19,23)(H,20,21,22). The predicted octanol–water partition coefficient (Wildman–Crippen LogP) is 2.92. The van der Waals surface area contributed by atoms with Crippen molar-refractivity contribution in [3.05, 3.63) is 42.4 Å². The third-order valence-electron chi connectivity index (χ3n) is 4.45. The van der Waals surface area contributed by atoms with Crippen LogP contribution in [0.15, 0.2) is 36.8 Å². The van der Waals surface area contributed by atoms with E-state index in [1.807, 2.05) is 30.5 Å². The molecule has 4 rings (SSSR count). The van der Waals surface area contributed by atoms with Crippen LogP contribution in [0.2, 0.25) is 0 Å². The Labute approximate surface area is 139 Å². The molecule has 24 heavy (non-hydrogen) atoms. The zero-order valence-corrected chi connectivity index (χ0v) is 13.4. The first-order valence-corrected chi connectivity index (χ1v) is 8.07. The normalized spacial score (nSPS) is 14.4. The lowest BCUT2D eigenvalue weighted by Gasteiger charge is -2.26. The van der Waals surface area contributed by atoms with Gasteiger partial charge >= 0.3 is 0 Å². The molecule has 0 spiro atoms. The lowest BCUT2D eigenvalue weighted by atomic mass is 9.96. The van der Waals surface area contributed by atoms with Crippen molar-refractivity contribution in [2.45, 2.75) is 25.4 Å². The molecule has 2 aromatic heterocycles. The number of aromatic nitrogens is 3. The molecule has 0 saturated heterocycles. The Balaban J connectivity index is 1.74. The van der Waals surface area contributed by atoms with Crippen molar-refractivity contribution >= 4 is 16.9 Å². The summed E-state index contributed by atoms with van der Waals surface area (Å²) < 4.78 is 6.03. The Morgan fingerprint density at radius 1 is 1.25 bits per heavy atom. The van der Waals surface area contributed by atoms with Crippen LogP contribution in [-0.2, 0) is 0 Å². The van der Waals surface area contributed by atoms with Crippen LogP contribution in [0.5, 0.6) is 5.88 Å². The van der Waals surface area contributed by atoms with Gasteiger partial charge in [-0.3, -0.25) is 4.79 Å². The lowest BCUT2D eigenvalue weighted by Crippen LogP contribution is -2.25. The van der Waals surface area contributed by atoms with Crippen LogP contribution in [0.1, 0.15) is 29.6 Å². The van der Waals surface area contributed by atoms with E-state index < -0.39 is 0 Å². The minimum atomic E-state index is -0.0992. The highest BCUT2D eigenvalue weighted by atomic mass is 16.5. The second-order valence-corrected chi connectivity index (χ2v) is 5.93. The first kappa shape index (κ1) is 14.7. The van der Waals surface area contributed by atoms with Crippen molar-refractivity contribution in [3.8, 4) is 17.0 Å². The molecular weight excluding hydrogens is 304 g/mol. The fraction of sp³-hybridized carbons (Fsp3) is 0.278. The first-order valence-electron chi connectivity index (χ1n) is 8.07. The number of hydrogen-bond acceptors (Lipinski definition) is 4. The van der Waals surface area contributed by atoms with E-state index >= 15 is 0 Å². The van der Waals surface area contributed by atoms with Gasteiger partial charge in [0.25, 0.3) is 5.91 Å². The molecule has 6 heteroatoms. The summed E-state index contributed by atoms with van der Waals surface area (Å²) >= 11 is 0. The van der Waals surface area contributed by atoms with Gasteiger partial charge in [-0.05, 0) is 37.0 Å². The Morgan fingerprint density at radius 2 is 2.04 bits per heavy atom. The number of carbonyl (C=O) groups excluding carboxylic acids is 1. The molecule has 0 atom stereocenters. The lowest BCUT2D eigenvalue weighted by molar-refractivity contribution is 0.0963. The Hall–Kier alpha value is -2.89. The van der Waals surface area contributed by atoms with Gasteiger partial charge in [0.1, 0.15) is 18.1 Å². The maximum Gasteiger partial charge on any atom is 0.251 e. The van der Waals surface area contributed by atoms with E-state index in [1.54, 1.807) is 7.05 Å².